The number of pyridine rings is 1. The van der Waals surface area contributed by atoms with Crippen molar-refractivity contribution in [1.82, 2.24) is 15.2 Å². The number of morpholine rings is 1. The molecule has 0 aromatic carbocycles. The second kappa shape index (κ2) is 8.19. The van der Waals surface area contributed by atoms with Crippen LogP contribution in [0.25, 0.3) is 0 Å². The van der Waals surface area contributed by atoms with Crippen LogP contribution in [0.4, 0.5) is 0 Å². The third kappa shape index (κ3) is 5.45. The minimum Gasteiger partial charge on any atom is -0.491 e. The van der Waals surface area contributed by atoms with Gasteiger partial charge >= 0.3 is 0 Å². The van der Waals surface area contributed by atoms with E-state index in [4.69, 9.17) is 9.47 Å². The van der Waals surface area contributed by atoms with E-state index in [1.807, 2.05) is 12.1 Å². The van der Waals surface area contributed by atoms with Crippen molar-refractivity contribution in [2.45, 2.75) is 26.4 Å². The Balaban J connectivity index is 1.67. The SMILES string of the molecule is CC(C)NCc1ccc(OCCN2CCOCC2)cn1. The summed E-state index contributed by atoms with van der Waals surface area (Å²) >= 11 is 0. The van der Waals surface area contributed by atoms with Gasteiger partial charge < -0.3 is 14.8 Å². The van der Waals surface area contributed by atoms with Gasteiger partial charge in [-0.3, -0.25) is 9.88 Å². The highest BCUT2D eigenvalue weighted by Gasteiger charge is 2.09. The van der Waals surface area contributed by atoms with E-state index in [0.717, 1.165) is 50.8 Å². The van der Waals surface area contributed by atoms with E-state index in [2.05, 4.69) is 29.0 Å². The molecule has 0 radical (unpaired) electrons. The molecule has 1 saturated heterocycles. The fourth-order valence-corrected chi connectivity index (χ4v) is 2.03. The summed E-state index contributed by atoms with van der Waals surface area (Å²) < 4.78 is 11.0. The maximum absolute atomic E-state index is 5.72. The lowest BCUT2D eigenvalue weighted by molar-refractivity contribution is 0.0322. The van der Waals surface area contributed by atoms with Crippen LogP contribution in [0, 0.1) is 0 Å². The molecule has 1 N–H and O–H groups in total. The van der Waals surface area contributed by atoms with Gasteiger partial charge in [0.25, 0.3) is 0 Å². The van der Waals surface area contributed by atoms with Crippen molar-refractivity contribution in [2.75, 3.05) is 39.5 Å². The first-order valence-corrected chi connectivity index (χ1v) is 7.35. The monoisotopic (exact) mass is 279 g/mol. The van der Waals surface area contributed by atoms with E-state index in [1.165, 1.54) is 0 Å². The van der Waals surface area contributed by atoms with E-state index in [1.54, 1.807) is 6.20 Å². The van der Waals surface area contributed by atoms with Gasteiger partial charge in [-0.05, 0) is 12.1 Å². The largest absolute Gasteiger partial charge is 0.491 e. The zero-order valence-corrected chi connectivity index (χ0v) is 12.5. The molecule has 5 nitrogen and oxygen atoms in total. The van der Waals surface area contributed by atoms with Crippen LogP contribution in [-0.2, 0) is 11.3 Å². The molecule has 1 aliphatic rings. The summed E-state index contributed by atoms with van der Waals surface area (Å²) in [5.41, 5.74) is 1.04. The molecule has 0 spiro atoms. The van der Waals surface area contributed by atoms with E-state index in [0.29, 0.717) is 12.6 Å². The van der Waals surface area contributed by atoms with Gasteiger partial charge in [-0.2, -0.15) is 0 Å². The second-order valence-corrected chi connectivity index (χ2v) is 5.32. The lowest BCUT2D eigenvalue weighted by Crippen LogP contribution is -2.38. The van der Waals surface area contributed by atoms with Crippen LogP contribution in [0.15, 0.2) is 18.3 Å². The Morgan fingerprint density at radius 3 is 2.80 bits per heavy atom. The summed E-state index contributed by atoms with van der Waals surface area (Å²) in [6.45, 7) is 10.4. The summed E-state index contributed by atoms with van der Waals surface area (Å²) in [5.74, 6) is 0.839. The van der Waals surface area contributed by atoms with Crippen molar-refractivity contribution < 1.29 is 9.47 Å². The lowest BCUT2D eigenvalue weighted by atomic mass is 10.3. The molecule has 1 fully saturated rings. The van der Waals surface area contributed by atoms with Crippen molar-refractivity contribution in [3.8, 4) is 5.75 Å². The van der Waals surface area contributed by atoms with Crippen molar-refractivity contribution >= 4 is 0 Å². The van der Waals surface area contributed by atoms with Crippen LogP contribution in [0.5, 0.6) is 5.75 Å². The summed E-state index contributed by atoms with van der Waals surface area (Å²) in [5, 5.41) is 3.35. The first-order chi connectivity index (χ1) is 9.74. The number of nitrogens with zero attached hydrogens (tertiary/aromatic N) is 2. The standard InChI is InChI=1S/C15H25N3O2/c1-13(2)16-11-14-3-4-15(12-17-14)20-10-7-18-5-8-19-9-6-18/h3-4,12-13,16H,5-11H2,1-2H3. The minimum absolute atomic E-state index is 0.473. The number of hydrogen-bond donors (Lipinski definition) is 1. The van der Waals surface area contributed by atoms with E-state index in [-0.39, 0.29) is 0 Å². The van der Waals surface area contributed by atoms with Gasteiger partial charge in [-0.1, -0.05) is 13.8 Å². The van der Waals surface area contributed by atoms with E-state index < -0.39 is 0 Å². The zero-order chi connectivity index (χ0) is 14.2. The minimum atomic E-state index is 0.473. The predicted molar refractivity (Wildman–Crippen MR) is 79.0 cm³/mol. The summed E-state index contributed by atoms with van der Waals surface area (Å²) in [6.07, 6.45) is 1.80. The van der Waals surface area contributed by atoms with Crippen LogP contribution in [0.1, 0.15) is 19.5 Å². The topological polar surface area (TPSA) is 46.6 Å². The first-order valence-electron chi connectivity index (χ1n) is 7.35. The Kier molecular flexibility index (Phi) is 6.24. The molecule has 0 unspecified atom stereocenters. The lowest BCUT2D eigenvalue weighted by Gasteiger charge is -2.26. The maximum atomic E-state index is 5.72. The van der Waals surface area contributed by atoms with Crippen LogP contribution in [0.2, 0.25) is 0 Å². The van der Waals surface area contributed by atoms with Crippen LogP contribution in [0.3, 0.4) is 0 Å². The van der Waals surface area contributed by atoms with E-state index in [9.17, 15) is 0 Å². The van der Waals surface area contributed by atoms with Gasteiger partial charge in [-0.25, -0.2) is 0 Å². The third-order valence-corrected chi connectivity index (χ3v) is 3.27. The Morgan fingerprint density at radius 1 is 1.35 bits per heavy atom. The molecular weight excluding hydrogens is 254 g/mol. The Hall–Kier alpha value is -1.17. The molecule has 0 aliphatic carbocycles. The maximum Gasteiger partial charge on any atom is 0.137 e. The fraction of sp³-hybridized carbons (Fsp3) is 0.667. The highest BCUT2D eigenvalue weighted by atomic mass is 16.5. The predicted octanol–water partition coefficient (Wildman–Crippen LogP) is 1.29. The van der Waals surface area contributed by atoms with Crippen molar-refractivity contribution in [2.24, 2.45) is 0 Å². The average Bonchev–Trinajstić information content (AvgIpc) is 2.47. The van der Waals surface area contributed by atoms with Crippen LogP contribution in [-0.4, -0.2) is 55.4 Å². The Morgan fingerprint density at radius 2 is 2.15 bits per heavy atom. The average molecular weight is 279 g/mol. The van der Waals surface area contributed by atoms with Gasteiger partial charge in [0, 0.05) is 32.2 Å². The molecule has 0 bridgehead atoms. The molecule has 0 atom stereocenters. The highest BCUT2D eigenvalue weighted by molar-refractivity contribution is 5.19. The summed E-state index contributed by atoms with van der Waals surface area (Å²) in [4.78, 5) is 6.75. The highest BCUT2D eigenvalue weighted by Crippen LogP contribution is 2.09. The number of aromatic nitrogens is 1. The summed E-state index contributed by atoms with van der Waals surface area (Å²) in [7, 11) is 0. The third-order valence-electron chi connectivity index (χ3n) is 3.27. The molecule has 20 heavy (non-hydrogen) atoms. The molecule has 5 heteroatoms. The molecule has 1 aliphatic heterocycles. The molecule has 1 aromatic heterocycles. The Bertz CT molecular complexity index is 375. The van der Waals surface area contributed by atoms with Gasteiger partial charge in [0.15, 0.2) is 0 Å². The quantitative estimate of drug-likeness (QED) is 0.815. The number of rotatable bonds is 7. The Labute approximate surface area is 121 Å². The summed E-state index contributed by atoms with van der Waals surface area (Å²) in [6, 6.07) is 4.48. The van der Waals surface area contributed by atoms with Crippen molar-refractivity contribution in [3.63, 3.8) is 0 Å². The first kappa shape index (κ1) is 15.2. The molecule has 1 aromatic rings. The van der Waals surface area contributed by atoms with Gasteiger partial charge in [0.05, 0.1) is 25.1 Å². The van der Waals surface area contributed by atoms with Crippen molar-refractivity contribution in [3.05, 3.63) is 24.0 Å². The fourth-order valence-electron chi connectivity index (χ4n) is 2.03. The molecule has 0 amide bonds. The molecular formula is C15H25N3O2. The van der Waals surface area contributed by atoms with Crippen LogP contribution < -0.4 is 10.1 Å². The number of hydrogen-bond acceptors (Lipinski definition) is 5. The van der Waals surface area contributed by atoms with Gasteiger partial charge in [0.1, 0.15) is 12.4 Å². The van der Waals surface area contributed by atoms with Crippen molar-refractivity contribution in [1.29, 1.82) is 0 Å². The number of ether oxygens (including phenoxy) is 2. The molecule has 0 saturated carbocycles. The van der Waals surface area contributed by atoms with Gasteiger partial charge in [0.2, 0.25) is 0 Å². The van der Waals surface area contributed by atoms with Gasteiger partial charge in [-0.15, -0.1) is 0 Å². The zero-order valence-electron chi connectivity index (χ0n) is 12.5. The smallest absolute Gasteiger partial charge is 0.137 e. The second-order valence-electron chi connectivity index (χ2n) is 5.32. The molecule has 112 valence electrons. The number of nitrogens with one attached hydrogen (secondary N) is 1. The van der Waals surface area contributed by atoms with Crippen LogP contribution >= 0.6 is 0 Å². The molecule has 2 rings (SSSR count). The molecule has 2 heterocycles. The normalized spacial score (nSPS) is 16.6. The van der Waals surface area contributed by atoms with E-state index >= 15 is 0 Å².